The van der Waals surface area contributed by atoms with Crippen molar-refractivity contribution in [3.05, 3.63) is 11.6 Å². The van der Waals surface area contributed by atoms with E-state index in [9.17, 15) is 0 Å². The van der Waals surface area contributed by atoms with Crippen molar-refractivity contribution in [1.82, 2.24) is 4.90 Å². The van der Waals surface area contributed by atoms with Crippen LogP contribution in [0.5, 0.6) is 0 Å². The van der Waals surface area contributed by atoms with Gasteiger partial charge in [-0.25, -0.2) is 0 Å². The molecule has 0 aliphatic heterocycles. The standard InChI is InChI=1S/C44H81NO3/c1-9-10-11-12-13-14-28-46-33-38(32-45(7)8)48-30-16-15-29-47-37-24-26-43(5)36(31-37)20-21-39-41-23-22-40(35(4)19-17-18-34(2)3)44(41,6)27-25-42(39)43/h20,34-35,37-42H,9-19,21-33H2,1-8H3/t35-,37+,38-,39+,40-,41+,42+,43+,44-/m1/s1. The highest BCUT2D eigenvalue weighted by molar-refractivity contribution is 5.25. The summed E-state index contributed by atoms with van der Waals surface area (Å²) < 4.78 is 18.9. The molecule has 280 valence electrons. The zero-order valence-electron chi connectivity index (χ0n) is 33.3. The van der Waals surface area contributed by atoms with E-state index in [1.165, 1.54) is 109 Å². The van der Waals surface area contributed by atoms with Crippen LogP contribution in [0.2, 0.25) is 0 Å². The summed E-state index contributed by atoms with van der Waals surface area (Å²) in [6.45, 7) is 19.2. The van der Waals surface area contributed by atoms with Gasteiger partial charge < -0.3 is 19.1 Å². The Hall–Kier alpha value is -0.420. The molecule has 3 fully saturated rings. The van der Waals surface area contributed by atoms with Crippen molar-refractivity contribution < 1.29 is 14.2 Å². The van der Waals surface area contributed by atoms with Gasteiger partial charge in [-0.15, -0.1) is 0 Å². The van der Waals surface area contributed by atoms with Crippen LogP contribution in [-0.2, 0) is 14.2 Å². The molecule has 0 radical (unpaired) electrons. The molecule has 0 unspecified atom stereocenters. The summed E-state index contributed by atoms with van der Waals surface area (Å²) in [5, 5.41) is 0. The fourth-order valence-corrected chi connectivity index (χ4v) is 11.3. The van der Waals surface area contributed by atoms with E-state index in [0.29, 0.717) is 23.5 Å². The number of hydrogen-bond acceptors (Lipinski definition) is 4. The number of fused-ring (bicyclic) bond motifs is 5. The van der Waals surface area contributed by atoms with E-state index < -0.39 is 0 Å². The first-order valence-corrected chi connectivity index (χ1v) is 21.2. The number of hydrogen-bond donors (Lipinski definition) is 0. The maximum absolute atomic E-state index is 6.55. The van der Waals surface area contributed by atoms with E-state index in [1.54, 1.807) is 5.57 Å². The highest BCUT2D eigenvalue weighted by Gasteiger charge is 2.59. The summed E-state index contributed by atoms with van der Waals surface area (Å²) in [5.41, 5.74) is 2.75. The number of likely N-dealkylation sites (N-methyl/N-ethyl adjacent to an activating group) is 1. The molecule has 0 bridgehead atoms. The number of rotatable bonds is 23. The summed E-state index contributed by atoms with van der Waals surface area (Å²) in [7, 11) is 4.25. The Labute approximate surface area is 299 Å². The predicted molar refractivity (Wildman–Crippen MR) is 205 cm³/mol. The second-order valence-corrected chi connectivity index (χ2v) is 18.3. The molecule has 4 heteroatoms. The van der Waals surface area contributed by atoms with Crippen molar-refractivity contribution in [1.29, 1.82) is 0 Å². The van der Waals surface area contributed by atoms with Crippen LogP contribution in [0.25, 0.3) is 0 Å². The Bertz CT molecular complexity index is 932. The molecule has 0 saturated heterocycles. The van der Waals surface area contributed by atoms with Crippen LogP contribution >= 0.6 is 0 Å². The van der Waals surface area contributed by atoms with Gasteiger partial charge in [0.25, 0.3) is 0 Å². The minimum atomic E-state index is 0.157. The molecule has 3 saturated carbocycles. The first-order valence-electron chi connectivity index (χ1n) is 21.2. The van der Waals surface area contributed by atoms with E-state index in [-0.39, 0.29) is 6.10 Å². The third kappa shape index (κ3) is 11.0. The second-order valence-electron chi connectivity index (χ2n) is 18.3. The van der Waals surface area contributed by atoms with Crippen LogP contribution in [0.4, 0.5) is 0 Å². The number of allylic oxidation sites excluding steroid dienone is 1. The lowest BCUT2D eigenvalue weighted by molar-refractivity contribution is -0.0648. The first kappa shape index (κ1) is 40.4. The van der Waals surface area contributed by atoms with Crippen LogP contribution in [0, 0.1) is 46.3 Å². The molecule has 0 aromatic rings. The van der Waals surface area contributed by atoms with Crippen molar-refractivity contribution in [2.45, 2.75) is 176 Å². The van der Waals surface area contributed by atoms with Crippen molar-refractivity contribution in [2.75, 3.05) is 47.1 Å². The molecule has 4 rings (SSSR count). The van der Waals surface area contributed by atoms with E-state index in [1.807, 2.05) is 0 Å². The van der Waals surface area contributed by atoms with Crippen molar-refractivity contribution >= 4 is 0 Å². The quantitative estimate of drug-likeness (QED) is 0.0799. The zero-order valence-corrected chi connectivity index (χ0v) is 33.3. The Balaban J connectivity index is 1.15. The monoisotopic (exact) mass is 672 g/mol. The van der Waals surface area contributed by atoms with Crippen LogP contribution in [-0.4, -0.2) is 64.2 Å². The summed E-state index contributed by atoms with van der Waals surface area (Å²) in [4.78, 5) is 2.22. The van der Waals surface area contributed by atoms with E-state index in [0.717, 1.165) is 74.7 Å². The number of unbranched alkanes of at least 4 members (excludes halogenated alkanes) is 6. The molecule has 0 aromatic heterocycles. The minimum absolute atomic E-state index is 0.157. The number of nitrogens with zero attached hydrogens (tertiary/aromatic N) is 1. The molecular formula is C44H81NO3. The predicted octanol–water partition coefficient (Wildman–Crippen LogP) is 11.5. The Morgan fingerprint density at radius 1 is 0.812 bits per heavy atom. The van der Waals surface area contributed by atoms with Gasteiger partial charge in [0.05, 0.1) is 18.8 Å². The highest BCUT2D eigenvalue weighted by Crippen LogP contribution is 2.67. The highest BCUT2D eigenvalue weighted by atomic mass is 16.5. The van der Waals surface area contributed by atoms with Crippen LogP contribution in [0.3, 0.4) is 0 Å². The molecule has 0 aromatic carbocycles. The zero-order chi connectivity index (χ0) is 34.6. The molecule has 4 nitrogen and oxygen atoms in total. The van der Waals surface area contributed by atoms with Gasteiger partial charge in [0.1, 0.15) is 0 Å². The van der Waals surface area contributed by atoms with Gasteiger partial charge in [0.15, 0.2) is 0 Å². The molecule has 0 spiro atoms. The maximum Gasteiger partial charge on any atom is 0.0934 e. The van der Waals surface area contributed by atoms with Gasteiger partial charge in [-0.1, -0.05) is 105 Å². The van der Waals surface area contributed by atoms with Crippen molar-refractivity contribution in [3.8, 4) is 0 Å². The molecule has 0 amide bonds. The maximum atomic E-state index is 6.55. The van der Waals surface area contributed by atoms with Gasteiger partial charge in [-0.2, -0.15) is 0 Å². The van der Waals surface area contributed by atoms with E-state index >= 15 is 0 Å². The third-order valence-electron chi connectivity index (χ3n) is 14.0. The molecule has 0 heterocycles. The van der Waals surface area contributed by atoms with E-state index in [2.05, 4.69) is 66.6 Å². The topological polar surface area (TPSA) is 30.9 Å². The fourth-order valence-electron chi connectivity index (χ4n) is 11.3. The minimum Gasteiger partial charge on any atom is -0.379 e. The van der Waals surface area contributed by atoms with Gasteiger partial charge >= 0.3 is 0 Å². The van der Waals surface area contributed by atoms with Gasteiger partial charge in [0.2, 0.25) is 0 Å². The smallest absolute Gasteiger partial charge is 0.0934 e. The third-order valence-corrected chi connectivity index (χ3v) is 14.0. The van der Waals surface area contributed by atoms with Gasteiger partial charge in [0, 0.05) is 26.4 Å². The first-order chi connectivity index (χ1) is 23.1. The lowest BCUT2D eigenvalue weighted by atomic mass is 9.47. The van der Waals surface area contributed by atoms with Gasteiger partial charge in [-0.05, 0) is 131 Å². The lowest BCUT2D eigenvalue weighted by Crippen LogP contribution is -2.51. The second kappa shape index (κ2) is 20.0. The normalized spacial score (nSPS) is 33.0. The SMILES string of the molecule is CCCCCCCCOC[C@@H](CN(C)C)OCCCCO[C@H]1CC[C@@]2(C)C(=CC[C@H]3[C@@H]4CC[C@H]([C@H](C)CCCC(C)C)[C@@]4(C)CC[C@@H]32)C1. The molecular weight excluding hydrogens is 590 g/mol. The largest absolute Gasteiger partial charge is 0.379 e. The van der Waals surface area contributed by atoms with Crippen LogP contribution in [0.1, 0.15) is 164 Å². The summed E-state index contributed by atoms with van der Waals surface area (Å²) in [6, 6.07) is 0. The molecule has 4 aliphatic rings. The average Bonchev–Trinajstić information content (AvgIpc) is 3.40. The Morgan fingerprint density at radius 2 is 1.56 bits per heavy atom. The number of ether oxygens (including phenoxy) is 3. The molecule has 0 N–H and O–H groups in total. The molecule has 9 atom stereocenters. The van der Waals surface area contributed by atoms with Gasteiger partial charge in [-0.3, -0.25) is 0 Å². The van der Waals surface area contributed by atoms with E-state index in [4.69, 9.17) is 14.2 Å². The molecule has 4 aliphatic carbocycles. The summed E-state index contributed by atoms with van der Waals surface area (Å²) in [6.07, 6.45) is 28.6. The Morgan fingerprint density at radius 3 is 2.33 bits per heavy atom. The fraction of sp³-hybridized carbons (Fsp3) is 0.955. The summed E-state index contributed by atoms with van der Waals surface area (Å²) >= 11 is 0. The average molecular weight is 672 g/mol. The Kier molecular flexibility index (Phi) is 16.8. The molecule has 48 heavy (non-hydrogen) atoms. The van der Waals surface area contributed by atoms with Crippen molar-refractivity contribution in [2.24, 2.45) is 46.3 Å². The van der Waals surface area contributed by atoms with Crippen LogP contribution in [0.15, 0.2) is 11.6 Å². The summed E-state index contributed by atoms with van der Waals surface area (Å²) in [5.74, 6) is 5.45. The lowest BCUT2D eigenvalue weighted by Gasteiger charge is -2.58. The van der Waals surface area contributed by atoms with Crippen molar-refractivity contribution in [3.63, 3.8) is 0 Å². The van der Waals surface area contributed by atoms with Crippen LogP contribution < -0.4 is 0 Å².